The zero-order valence-corrected chi connectivity index (χ0v) is 29.9. The van der Waals surface area contributed by atoms with E-state index in [1.165, 1.54) is 11.8 Å². The van der Waals surface area contributed by atoms with E-state index in [9.17, 15) is 33.9 Å². The molecular weight excluding hydrogens is 660 g/mol. The summed E-state index contributed by atoms with van der Waals surface area (Å²) >= 11 is 1.52. The highest BCUT2D eigenvalue weighted by atomic mass is 32.2. The fourth-order valence-electron chi connectivity index (χ4n) is 5.27. The fraction of sp³-hybridized carbons (Fsp3) is 0.500. The van der Waals surface area contributed by atoms with Crippen molar-refractivity contribution in [3.63, 3.8) is 0 Å². The third-order valence-corrected chi connectivity index (χ3v) is 8.57. The number of carboxylic acids is 1. The van der Waals surface area contributed by atoms with E-state index >= 15 is 0 Å². The zero-order valence-electron chi connectivity index (χ0n) is 29.1. The van der Waals surface area contributed by atoms with Gasteiger partial charge in [0, 0.05) is 12.8 Å². The Morgan fingerprint density at radius 3 is 1.60 bits per heavy atom. The van der Waals surface area contributed by atoms with E-state index in [-0.39, 0.29) is 31.6 Å². The third kappa shape index (κ3) is 15.4. The molecule has 0 aliphatic rings. The summed E-state index contributed by atoms with van der Waals surface area (Å²) in [5.74, 6) is -3.08. The largest absolute Gasteiger partial charge is 0.480 e. The van der Waals surface area contributed by atoms with E-state index in [0.717, 1.165) is 11.1 Å². The standard InChI is InChI=1S/C36H52N6O7S/c1-24(2)20-29(40-32(44)27(38-23-43)17-19-50-3)33(45)41-31(22-26-14-8-5-9-15-26)35(47)42-30(21-25-12-6-4-7-13-25)34(46)39-28(36(48)49)16-10-11-18-37/h4-9,12-15,23-24,27-31H,10-11,16-22,37H2,1-3H3,(H,38,43)(H,39,46)(H,40,44)(H,41,45)(H,42,47)(H,48,49)/t27-,28-,29-,30-,31-/m0/s1. The van der Waals surface area contributed by atoms with Crippen LogP contribution < -0.4 is 32.3 Å². The van der Waals surface area contributed by atoms with Gasteiger partial charge in [-0.15, -0.1) is 0 Å². The third-order valence-electron chi connectivity index (χ3n) is 7.93. The molecule has 5 atom stereocenters. The van der Waals surface area contributed by atoms with Crippen LogP contribution >= 0.6 is 11.8 Å². The van der Waals surface area contributed by atoms with Crippen LogP contribution in [0.2, 0.25) is 0 Å². The smallest absolute Gasteiger partial charge is 0.326 e. The van der Waals surface area contributed by atoms with Crippen LogP contribution in [0.25, 0.3) is 0 Å². The topological polar surface area (TPSA) is 209 Å². The van der Waals surface area contributed by atoms with Crippen molar-refractivity contribution in [1.29, 1.82) is 0 Å². The number of thioether (sulfide) groups is 1. The van der Waals surface area contributed by atoms with Crippen molar-refractivity contribution in [3.8, 4) is 0 Å². The van der Waals surface area contributed by atoms with E-state index < -0.39 is 59.8 Å². The molecule has 0 aromatic heterocycles. The molecule has 274 valence electrons. The molecule has 0 unspecified atom stereocenters. The van der Waals surface area contributed by atoms with Crippen molar-refractivity contribution in [2.75, 3.05) is 18.6 Å². The van der Waals surface area contributed by atoms with E-state index in [0.29, 0.717) is 38.0 Å². The number of rotatable bonds is 24. The molecule has 0 heterocycles. The Bertz CT molecular complexity index is 1370. The highest BCUT2D eigenvalue weighted by molar-refractivity contribution is 7.98. The van der Waals surface area contributed by atoms with E-state index in [4.69, 9.17) is 5.73 Å². The molecule has 0 aliphatic carbocycles. The maximum Gasteiger partial charge on any atom is 0.326 e. The first-order valence-corrected chi connectivity index (χ1v) is 18.3. The van der Waals surface area contributed by atoms with Crippen molar-refractivity contribution in [2.24, 2.45) is 11.7 Å². The second kappa shape index (κ2) is 23.1. The van der Waals surface area contributed by atoms with E-state index in [1.807, 2.05) is 32.2 Å². The first-order chi connectivity index (χ1) is 24.0. The lowest BCUT2D eigenvalue weighted by Gasteiger charge is -2.27. The van der Waals surface area contributed by atoms with Gasteiger partial charge in [-0.1, -0.05) is 74.5 Å². The summed E-state index contributed by atoms with van der Waals surface area (Å²) in [6, 6.07) is 12.6. The van der Waals surface area contributed by atoms with Crippen LogP contribution in [-0.4, -0.2) is 89.9 Å². The van der Waals surface area contributed by atoms with Gasteiger partial charge in [-0.05, 0) is 67.7 Å². The Balaban J connectivity index is 2.38. The van der Waals surface area contributed by atoms with Crippen LogP contribution in [0.1, 0.15) is 57.1 Å². The van der Waals surface area contributed by atoms with Crippen molar-refractivity contribution >= 4 is 47.8 Å². The van der Waals surface area contributed by atoms with Gasteiger partial charge in [-0.3, -0.25) is 24.0 Å². The molecule has 8 N–H and O–H groups in total. The molecule has 13 nitrogen and oxygen atoms in total. The number of nitrogens with one attached hydrogen (secondary N) is 5. The lowest BCUT2D eigenvalue weighted by atomic mass is 9.99. The predicted octanol–water partition coefficient (Wildman–Crippen LogP) is 1.54. The summed E-state index contributed by atoms with van der Waals surface area (Å²) in [5.41, 5.74) is 7.02. The molecule has 2 aromatic carbocycles. The summed E-state index contributed by atoms with van der Waals surface area (Å²) in [6.07, 6.45) is 4.33. The van der Waals surface area contributed by atoms with Gasteiger partial charge in [-0.2, -0.15) is 11.8 Å². The van der Waals surface area contributed by atoms with E-state index in [2.05, 4.69) is 26.6 Å². The van der Waals surface area contributed by atoms with Crippen molar-refractivity contribution in [3.05, 3.63) is 71.8 Å². The molecule has 14 heteroatoms. The molecule has 0 radical (unpaired) electrons. The summed E-state index contributed by atoms with van der Waals surface area (Å²) in [5, 5.41) is 23.2. The Kier molecular flexibility index (Phi) is 19.3. The number of aliphatic carboxylic acids is 1. The molecule has 5 amide bonds. The summed E-state index contributed by atoms with van der Waals surface area (Å²) < 4.78 is 0. The Morgan fingerprint density at radius 1 is 0.700 bits per heavy atom. The number of amides is 5. The van der Waals surface area contributed by atoms with Gasteiger partial charge in [0.1, 0.15) is 30.2 Å². The Hall–Kier alpha value is -4.43. The molecule has 2 aromatic rings. The van der Waals surface area contributed by atoms with Crippen molar-refractivity contribution in [2.45, 2.75) is 89.0 Å². The minimum absolute atomic E-state index is 0.0119. The minimum Gasteiger partial charge on any atom is -0.480 e. The van der Waals surface area contributed by atoms with Gasteiger partial charge in [0.25, 0.3) is 0 Å². The quantitative estimate of drug-likeness (QED) is 0.0621. The number of unbranched alkanes of at least 4 members (excludes halogenated alkanes) is 1. The number of hydrogen-bond acceptors (Lipinski definition) is 8. The van der Waals surface area contributed by atoms with Gasteiger partial charge < -0.3 is 37.4 Å². The normalized spacial score (nSPS) is 13.9. The van der Waals surface area contributed by atoms with Crippen LogP contribution in [0.15, 0.2) is 60.7 Å². The molecule has 0 fully saturated rings. The predicted molar refractivity (Wildman–Crippen MR) is 194 cm³/mol. The van der Waals surface area contributed by atoms with Gasteiger partial charge in [0.05, 0.1) is 0 Å². The van der Waals surface area contributed by atoms with Crippen LogP contribution in [0.5, 0.6) is 0 Å². The number of carboxylic acid groups (broad SMARTS) is 1. The maximum absolute atomic E-state index is 14.0. The average Bonchev–Trinajstić information content (AvgIpc) is 3.09. The summed E-state index contributed by atoms with van der Waals surface area (Å²) in [4.78, 5) is 77.8. The molecule has 0 spiro atoms. The van der Waals surface area contributed by atoms with Crippen LogP contribution in [-0.2, 0) is 41.6 Å². The number of carbonyl (C=O) groups excluding carboxylic acids is 5. The van der Waals surface area contributed by atoms with Crippen molar-refractivity contribution < 1.29 is 33.9 Å². The van der Waals surface area contributed by atoms with E-state index in [1.54, 1.807) is 48.5 Å². The van der Waals surface area contributed by atoms with Crippen molar-refractivity contribution in [1.82, 2.24) is 26.6 Å². The number of hydrogen-bond donors (Lipinski definition) is 7. The first-order valence-electron chi connectivity index (χ1n) is 16.9. The van der Waals surface area contributed by atoms with Crippen LogP contribution in [0.4, 0.5) is 0 Å². The number of carbonyl (C=O) groups is 6. The fourth-order valence-corrected chi connectivity index (χ4v) is 5.74. The lowest BCUT2D eigenvalue weighted by Crippen LogP contribution is -2.59. The maximum atomic E-state index is 14.0. The first kappa shape index (κ1) is 41.7. The average molecular weight is 713 g/mol. The zero-order chi connectivity index (χ0) is 36.9. The lowest BCUT2D eigenvalue weighted by molar-refractivity contribution is -0.142. The highest BCUT2D eigenvalue weighted by Crippen LogP contribution is 2.11. The van der Waals surface area contributed by atoms with Gasteiger partial charge in [0.15, 0.2) is 0 Å². The molecule has 0 saturated heterocycles. The second-order valence-electron chi connectivity index (χ2n) is 12.5. The SMILES string of the molecule is CSCC[C@H](NC=O)C(=O)N[C@@H](CC(C)C)C(=O)N[C@@H](Cc1ccccc1)C(=O)N[C@@H](Cc1ccccc1)C(=O)N[C@@H](CCCCN)C(=O)O. The molecule has 0 aliphatic heterocycles. The van der Waals surface area contributed by atoms with Crippen LogP contribution in [0, 0.1) is 5.92 Å². The van der Waals surface area contributed by atoms with Gasteiger partial charge in [-0.25, -0.2) is 4.79 Å². The minimum atomic E-state index is -1.20. The molecule has 2 rings (SSSR count). The second-order valence-corrected chi connectivity index (χ2v) is 13.5. The molecular formula is C36H52N6O7S. The van der Waals surface area contributed by atoms with Gasteiger partial charge >= 0.3 is 5.97 Å². The monoisotopic (exact) mass is 712 g/mol. The number of nitrogens with two attached hydrogens (primary N) is 1. The summed E-state index contributed by atoms with van der Waals surface area (Å²) in [7, 11) is 0. The van der Waals surface area contributed by atoms with Crippen LogP contribution in [0.3, 0.4) is 0 Å². The summed E-state index contributed by atoms with van der Waals surface area (Å²) in [6.45, 7) is 4.17. The molecule has 0 bridgehead atoms. The molecule has 50 heavy (non-hydrogen) atoms. The highest BCUT2D eigenvalue weighted by Gasteiger charge is 2.32. The Labute approximate surface area is 298 Å². The molecule has 0 saturated carbocycles. The van der Waals surface area contributed by atoms with Gasteiger partial charge in [0.2, 0.25) is 30.0 Å². The Morgan fingerprint density at radius 2 is 1.16 bits per heavy atom. The number of benzene rings is 2.